The minimum atomic E-state index is -3.20. The summed E-state index contributed by atoms with van der Waals surface area (Å²) in [6.45, 7) is 0. The fourth-order valence-electron chi connectivity index (χ4n) is 1.58. The van der Waals surface area contributed by atoms with Crippen LogP contribution < -0.4 is 0 Å². The van der Waals surface area contributed by atoms with Gasteiger partial charge in [0, 0.05) is 16.0 Å². The molecular weight excluding hydrogens is 296 g/mol. The van der Waals surface area contributed by atoms with Crippen molar-refractivity contribution >= 4 is 27.6 Å². The first-order chi connectivity index (χ1) is 9.36. The monoisotopic (exact) mass is 308 g/mol. The van der Waals surface area contributed by atoms with Crippen LogP contribution in [0.15, 0.2) is 63.2 Å². The third-order valence-electron chi connectivity index (χ3n) is 2.57. The maximum absolute atomic E-state index is 11.4. The average molecular weight is 308 g/mol. The van der Waals surface area contributed by atoms with Crippen molar-refractivity contribution in [1.29, 1.82) is 0 Å². The van der Waals surface area contributed by atoms with Crippen molar-refractivity contribution in [2.75, 3.05) is 6.26 Å². The van der Waals surface area contributed by atoms with Gasteiger partial charge in [-0.25, -0.2) is 13.2 Å². The largest absolute Gasteiger partial charge is 0.478 e. The van der Waals surface area contributed by atoms with Crippen LogP contribution in [0.1, 0.15) is 10.4 Å². The van der Waals surface area contributed by atoms with E-state index in [1.807, 2.05) is 6.07 Å². The van der Waals surface area contributed by atoms with E-state index in [9.17, 15) is 13.2 Å². The lowest BCUT2D eigenvalue weighted by Crippen LogP contribution is -1.96. The van der Waals surface area contributed by atoms with E-state index in [1.54, 1.807) is 36.4 Å². The Kier molecular flexibility index (Phi) is 4.15. The zero-order valence-corrected chi connectivity index (χ0v) is 12.2. The molecule has 6 heteroatoms. The van der Waals surface area contributed by atoms with Gasteiger partial charge in [-0.05, 0) is 42.5 Å². The molecule has 2 rings (SSSR count). The van der Waals surface area contributed by atoms with E-state index in [4.69, 9.17) is 5.11 Å². The number of rotatable bonds is 4. The molecule has 0 aliphatic heterocycles. The van der Waals surface area contributed by atoms with Crippen LogP contribution in [0.4, 0.5) is 0 Å². The highest BCUT2D eigenvalue weighted by Crippen LogP contribution is 2.28. The minimum absolute atomic E-state index is 0.225. The number of sulfone groups is 1. The van der Waals surface area contributed by atoms with Crippen LogP contribution in [0.25, 0.3) is 0 Å². The van der Waals surface area contributed by atoms with Gasteiger partial charge in [-0.15, -0.1) is 0 Å². The summed E-state index contributed by atoms with van der Waals surface area (Å²) in [5, 5.41) is 8.93. The predicted molar refractivity (Wildman–Crippen MR) is 77.1 cm³/mol. The van der Waals surface area contributed by atoms with Crippen molar-refractivity contribution in [3.8, 4) is 0 Å². The van der Waals surface area contributed by atoms with E-state index >= 15 is 0 Å². The molecule has 0 atom stereocenters. The highest BCUT2D eigenvalue weighted by molar-refractivity contribution is 7.99. The molecule has 0 radical (unpaired) electrons. The lowest BCUT2D eigenvalue weighted by Gasteiger charge is -2.04. The second-order valence-corrected chi connectivity index (χ2v) is 7.34. The molecule has 4 nitrogen and oxygen atoms in total. The van der Waals surface area contributed by atoms with E-state index in [0.29, 0.717) is 0 Å². The molecule has 0 amide bonds. The molecule has 0 fully saturated rings. The first-order valence-electron chi connectivity index (χ1n) is 5.67. The molecule has 0 aliphatic carbocycles. The van der Waals surface area contributed by atoms with E-state index in [2.05, 4.69) is 0 Å². The Morgan fingerprint density at radius 1 is 1.05 bits per heavy atom. The normalized spacial score (nSPS) is 11.2. The van der Waals surface area contributed by atoms with Crippen LogP contribution in [0.5, 0.6) is 0 Å². The van der Waals surface area contributed by atoms with Gasteiger partial charge in [0.05, 0.1) is 10.5 Å². The third-order valence-corrected chi connectivity index (χ3v) is 4.69. The van der Waals surface area contributed by atoms with Crippen LogP contribution in [-0.2, 0) is 9.84 Å². The smallest absolute Gasteiger partial charge is 0.335 e. The van der Waals surface area contributed by atoms with Gasteiger partial charge < -0.3 is 5.11 Å². The predicted octanol–water partition coefficient (Wildman–Crippen LogP) is 2.94. The van der Waals surface area contributed by atoms with Gasteiger partial charge in [0.25, 0.3) is 0 Å². The number of carbonyl (C=O) groups is 1. The van der Waals surface area contributed by atoms with Crippen LogP contribution >= 0.6 is 11.8 Å². The molecule has 0 saturated carbocycles. The maximum atomic E-state index is 11.4. The summed E-state index contributed by atoms with van der Waals surface area (Å²) >= 11 is 1.38. The third kappa shape index (κ3) is 3.61. The lowest BCUT2D eigenvalue weighted by atomic mass is 10.2. The number of hydrogen-bond donors (Lipinski definition) is 1. The Morgan fingerprint density at radius 2 is 1.70 bits per heavy atom. The van der Waals surface area contributed by atoms with Crippen LogP contribution in [0.3, 0.4) is 0 Å². The summed E-state index contributed by atoms with van der Waals surface area (Å²) in [5.74, 6) is -0.972. The standard InChI is InChI=1S/C14H12O4S2/c1-20(17,18)13-7-5-11(6-8-13)19-12-4-2-3-10(9-12)14(15)16/h2-9H,1H3,(H,15,16). The van der Waals surface area contributed by atoms with E-state index in [0.717, 1.165) is 16.0 Å². The second kappa shape index (κ2) is 5.68. The van der Waals surface area contributed by atoms with Gasteiger partial charge in [0.1, 0.15) is 0 Å². The average Bonchev–Trinajstić information content (AvgIpc) is 2.38. The Bertz CT molecular complexity index is 734. The molecule has 0 spiro atoms. The van der Waals surface area contributed by atoms with E-state index in [-0.39, 0.29) is 10.5 Å². The zero-order valence-electron chi connectivity index (χ0n) is 10.6. The van der Waals surface area contributed by atoms with Crippen LogP contribution in [0.2, 0.25) is 0 Å². The van der Waals surface area contributed by atoms with Gasteiger partial charge in [-0.1, -0.05) is 17.8 Å². The van der Waals surface area contributed by atoms with Crippen molar-refractivity contribution in [3.05, 3.63) is 54.1 Å². The fourth-order valence-corrected chi connectivity index (χ4v) is 3.09. The molecule has 0 saturated heterocycles. The molecule has 104 valence electrons. The summed E-state index contributed by atoms with van der Waals surface area (Å²) < 4.78 is 22.7. The van der Waals surface area contributed by atoms with Crippen molar-refractivity contribution < 1.29 is 18.3 Å². The summed E-state index contributed by atoms with van der Waals surface area (Å²) in [6, 6.07) is 13.1. The molecule has 0 bridgehead atoms. The van der Waals surface area contributed by atoms with Gasteiger partial charge >= 0.3 is 5.97 Å². The first-order valence-corrected chi connectivity index (χ1v) is 8.38. The van der Waals surface area contributed by atoms with Crippen LogP contribution in [-0.4, -0.2) is 25.7 Å². The maximum Gasteiger partial charge on any atom is 0.335 e. The van der Waals surface area contributed by atoms with Gasteiger partial charge in [-0.2, -0.15) is 0 Å². The number of carboxylic acid groups (broad SMARTS) is 1. The highest BCUT2D eigenvalue weighted by atomic mass is 32.2. The Labute approximate surface area is 121 Å². The summed E-state index contributed by atoms with van der Waals surface area (Å²) in [6.07, 6.45) is 1.16. The molecule has 0 unspecified atom stereocenters. The van der Waals surface area contributed by atoms with Crippen LogP contribution in [0, 0.1) is 0 Å². The van der Waals surface area contributed by atoms with E-state index < -0.39 is 15.8 Å². The fraction of sp³-hybridized carbons (Fsp3) is 0.0714. The molecule has 0 aromatic heterocycles. The summed E-state index contributed by atoms with van der Waals surface area (Å²) in [7, 11) is -3.20. The second-order valence-electron chi connectivity index (χ2n) is 4.18. The quantitative estimate of drug-likeness (QED) is 0.940. The first kappa shape index (κ1) is 14.6. The number of carboxylic acids is 1. The van der Waals surface area contributed by atoms with E-state index in [1.165, 1.54) is 17.8 Å². The minimum Gasteiger partial charge on any atom is -0.478 e. The molecule has 1 N–H and O–H groups in total. The molecule has 0 heterocycles. The molecular formula is C14H12O4S2. The molecule has 20 heavy (non-hydrogen) atoms. The number of aromatic carboxylic acids is 1. The Hall–Kier alpha value is -1.79. The van der Waals surface area contributed by atoms with Gasteiger partial charge in [0.15, 0.2) is 9.84 Å². The number of benzene rings is 2. The summed E-state index contributed by atoms with van der Waals surface area (Å²) in [5.41, 5.74) is 0.225. The van der Waals surface area contributed by atoms with Gasteiger partial charge in [-0.3, -0.25) is 0 Å². The van der Waals surface area contributed by atoms with Gasteiger partial charge in [0.2, 0.25) is 0 Å². The molecule has 2 aromatic rings. The highest BCUT2D eigenvalue weighted by Gasteiger charge is 2.07. The van der Waals surface area contributed by atoms with Crippen molar-refractivity contribution in [3.63, 3.8) is 0 Å². The number of hydrogen-bond acceptors (Lipinski definition) is 4. The Morgan fingerprint density at radius 3 is 2.25 bits per heavy atom. The SMILES string of the molecule is CS(=O)(=O)c1ccc(Sc2cccc(C(=O)O)c2)cc1. The van der Waals surface area contributed by atoms with Crippen molar-refractivity contribution in [1.82, 2.24) is 0 Å². The molecule has 0 aliphatic rings. The lowest BCUT2D eigenvalue weighted by molar-refractivity contribution is 0.0696. The molecule has 2 aromatic carbocycles. The summed E-state index contributed by atoms with van der Waals surface area (Å²) in [4.78, 5) is 12.8. The van der Waals surface area contributed by atoms with Crippen molar-refractivity contribution in [2.24, 2.45) is 0 Å². The Balaban J connectivity index is 2.22. The topological polar surface area (TPSA) is 71.4 Å². The zero-order chi connectivity index (χ0) is 14.8. The van der Waals surface area contributed by atoms with Crippen molar-refractivity contribution in [2.45, 2.75) is 14.7 Å².